The molecule has 21 heavy (non-hydrogen) atoms. The van der Waals surface area contributed by atoms with Gasteiger partial charge >= 0.3 is 15.2 Å². The fourth-order valence-electron chi connectivity index (χ4n) is 2.77. The largest absolute Gasteiger partial charge is 0.330 e. The average Bonchev–Trinajstić information content (AvgIpc) is 2.35. The normalized spacial score (nSPS) is 25.8. The Morgan fingerprint density at radius 1 is 1.14 bits per heavy atom. The van der Waals surface area contributed by atoms with Crippen LogP contribution in [-0.4, -0.2) is 49.7 Å². The van der Waals surface area contributed by atoms with Crippen molar-refractivity contribution >= 4 is 27.8 Å². The second kappa shape index (κ2) is 8.46. The Hall–Kier alpha value is 0.610. The summed E-state index contributed by atoms with van der Waals surface area (Å²) in [5, 5.41) is 3.07. The van der Waals surface area contributed by atoms with Gasteiger partial charge in [0.2, 0.25) is 0 Å². The van der Waals surface area contributed by atoms with E-state index in [2.05, 4.69) is 17.9 Å². The lowest BCUT2D eigenvalue weighted by molar-refractivity contribution is 0.266. The van der Waals surface area contributed by atoms with Crippen molar-refractivity contribution < 1.29 is 28.7 Å². The van der Waals surface area contributed by atoms with Crippen molar-refractivity contribution in [3.05, 3.63) is 0 Å². The van der Waals surface area contributed by atoms with E-state index in [1.54, 1.807) is 0 Å². The standard InChI is InChI=1S/C11H25NO6P2S/c13-19(14,15)8-11(20(16,17)18)10-5-4-9(7-12-10)3-1-2-6-21/h9-12,21H,1-8H2,(H2,13,14,15)(H2,16,17,18). The summed E-state index contributed by atoms with van der Waals surface area (Å²) < 4.78 is 22.6. The third kappa shape index (κ3) is 7.62. The van der Waals surface area contributed by atoms with Crippen LogP contribution in [0.5, 0.6) is 0 Å². The van der Waals surface area contributed by atoms with Crippen molar-refractivity contribution in [1.82, 2.24) is 5.32 Å². The van der Waals surface area contributed by atoms with Crippen LogP contribution in [0, 0.1) is 5.92 Å². The first-order valence-corrected chi connectivity index (χ1v) is 11.2. The van der Waals surface area contributed by atoms with E-state index in [0.717, 1.165) is 31.4 Å². The van der Waals surface area contributed by atoms with E-state index in [1.807, 2.05) is 0 Å². The van der Waals surface area contributed by atoms with Crippen molar-refractivity contribution in [2.24, 2.45) is 5.92 Å². The van der Waals surface area contributed by atoms with Crippen LogP contribution < -0.4 is 5.32 Å². The summed E-state index contributed by atoms with van der Waals surface area (Å²) in [5.74, 6) is 1.30. The van der Waals surface area contributed by atoms with Crippen LogP contribution in [0.15, 0.2) is 0 Å². The molecule has 0 aliphatic carbocycles. The number of unbranched alkanes of at least 4 members (excludes halogenated alkanes) is 1. The minimum absolute atomic E-state index is 0.452. The van der Waals surface area contributed by atoms with E-state index in [0.29, 0.717) is 18.9 Å². The lowest BCUT2D eigenvalue weighted by atomic mass is 9.89. The van der Waals surface area contributed by atoms with Gasteiger partial charge in [0.05, 0.1) is 11.8 Å². The maximum atomic E-state index is 11.5. The Labute approximate surface area is 130 Å². The third-order valence-corrected chi connectivity index (χ3v) is 6.78. The first-order chi connectivity index (χ1) is 9.63. The van der Waals surface area contributed by atoms with Crippen molar-refractivity contribution in [3.63, 3.8) is 0 Å². The molecule has 3 atom stereocenters. The van der Waals surface area contributed by atoms with E-state index >= 15 is 0 Å². The van der Waals surface area contributed by atoms with Gasteiger partial charge in [0.1, 0.15) is 0 Å². The van der Waals surface area contributed by atoms with Gasteiger partial charge < -0.3 is 24.9 Å². The molecule has 3 unspecified atom stereocenters. The molecule has 126 valence electrons. The molecule has 10 heteroatoms. The van der Waals surface area contributed by atoms with Crippen molar-refractivity contribution in [2.75, 3.05) is 18.5 Å². The summed E-state index contributed by atoms with van der Waals surface area (Å²) in [5.41, 5.74) is -1.32. The van der Waals surface area contributed by atoms with Crippen LogP contribution in [0.2, 0.25) is 0 Å². The molecular formula is C11H25NO6P2S. The number of thiol groups is 1. The molecule has 0 amide bonds. The zero-order valence-corrected chi connectivity index (χ0v) is 14.5. The minimum Gasteiger partial charge on any atom is -0.324 e. The molecule has 5 N–H and O–H groups in total. The highest BCUT2D eigenvalue weighted by Crippen LogP contribution is 2.51. The monoisotopic (exact) mass is 361 g/mol. The zero-order valence-electron chi connectivity index (χ0n) is 11.8. The zero-order chi connectivity index (χ0) is 16.1. The van der Waals surface area contributed by atoms with Gasteiger partial charge in [-0.25, -0.2) is 0 Å². The summed E-state index contributed by atoms with van der Waals surface area (Å²) in [4.78, 5) is 36.7. The van der Waals surface area contributed by atoms with Gasteiger partial charge in [-0.1, -0.05) is 6.42 Å². The number of nitrogens with one attached hydrogen (secondary N) is 1. The fourth-order valence-corrected chi connectivity index (χ4v) is 5.95. The number of hydrogen-bond donors (Lipinski definition) is 6. The molecule has 1 heterocycles. The highest BCUT2D eigenvalue weighted by atomic mass is 32.1. The maximum Gasteiger partial charge on any atom is 0.330 e. The van der Waals surface area contributed by atoms with Crippen molar-refractivity contribution in [1.29, 1.82) is 0 Å². The smallest absolute Gasteiger partial charge is 0.324 e. The van der Waals surface area contributed by atoms with Gasteiger partial charge in [0.15, 0.2) is 0 Å². The van der Waals surface area contributed by atoms with Crippen LogP contribution in [-0.2, 0) is 9.13 Å². The predicted octanol–water partition coefficient (Wildman–Crippen LogP) is 1.18. The van der Waals surface area contributed by atoms with Gasteiger partial charge in [-0.05, 0) is 43.9 Å². The summed E-state index contributed by atoms with van der Waals surface area (Å²) in [6, 6.07) is -0.542. The van der Waals surface area contributed by atoms with E-state index in [4.69, 9.17) is 9.79 Å². The Balaban J connectivity index is 2.56. The Morgan fingerprint density at radius 2 is 1.81 bits per heavy atom. The van der Waals surface area contributed by atoms with E-state index < -0.39 is 33.1 Å². The Morgan fingerprint density at radius 3 is 2.24 bits per heavy atom. The third-order valence-electron chi connectivity index (χ3n) is 3.90. The topological polar surface area (TPSA) is 127 Å². The van der Waals surface area contributed by atoms with Crippen LogP contribution in [0.3, 0.4) is 0 Å². The first kappa shape index (κ1) is 19.7. The minimum atomic E-state index is -4.55. The maximum absolute atomic E-state index is 11.5. The molecule has 0 bridgehead atoms. The Bertz CT molecular complexity index is 404. The molecule has 0 spiro atoms. The van der Waals surface area contributed by atoms with Gasteiger partial charge in [0, 0.05) is 6.04 Å². The van der Waals surface area contributed by atoms with Crippen LogP contribution in [0.1, 0.15) is 32.1 Å². The lowest BCUT2D eigenvalue weighted by Gasteiger charge is -2.35. The number of piperidine rings is 1. The highest BCUT2D eigenvalue weighted by molar-refractivity contribution is 7.80. The van der Waals surface area contributed by atoms with E-state index in [-0.39, 0.29) is 0 Å². The summed E-state index contributed by atoms with van der Waals surface area (Å²) in [6.07, 6.45) is 3.74. The van der Waals surface area contributed by atoms with Gasteiger partial charge in [-0.3, -0.25) is 9.13 Å². The molecule has 0 aromatic carbocycles. The first-order valence-electron chi connectivity index (χ1n) is 7.07. The predicted molar refractivity (Wildman–Crippen MR) is 85.0 cm³/mol. The second-order valence-corrected chi connectivity index (χ2v) is 9.66. The highest BCUT2D eigenvalue weighted by Gasteiger charge is 2.41. The molecule has 0 aromatic heterocycles. The average molecular weight is 361 g/mol. The van der Waals surface area contributed by atoms with Crippen molar-refractivity contribution in [3.8, 4) is 0 Å². The molecule has 0 aromatic rings. The molecule has 0 radical (unpaired) electrons. The molecule has 1 fully saturated rings. The van der Waals surface area contributed by atoms with Crippen LogP contribution in [0.25, 0.3) is 0 Å². The Kier molecular flexibility index (Phi) is 7.92. The lowest BCUT2D eigenvalue weighted by Crippen LogP contribution is -2.47. The molecule has 1 saturated heterocycles. The van der Waals surface area contributed by atoms with Crippen LogP contribution in [0.4, 0.5) is 0 Å². The summed E-state index contributed by atoms with van der Waals surface area (Å²) in [6.45, 7) is 0.634. The van der Waals surface area contributed by atoms with Crippen molar-refractivity contribution in [2.45, 2.75) is 43.8 Å². The molecule has 0 saturated carbocycles. The molecule has 7 nitrogen and oxygen atoms in total. The quantitative estimate of drug-likeness (QED) is 0.218. The van der Waals surface area contributed by atoms with E-state index in [9.17, 15) is 18.9 Å². The van der Waals surface area contributed by atoms with Crippen LogP contribution >= 0.6 is 27.8 Å². The SMILES string of the molecule is O=P(O)(O)CC(C1CCC(CCCCS)CN1)P(=O)(O)O. The summed E-state index contributed by atoms with van der Waals surface area (Å²) >= 11 is 4.15. The fraction of sp³-hybridized carbons (Fsp3) is 1.00. The number of hydrogen-bond acceptors (Lipinski definition) is 4. The second-order valence-electron chi connectivity index (χ2n) is 5.68. The molecular weight excluding hydrogens is 336 g/mol. The summed E-state index contributed by atoms with van der Waals surface area (Å²) in [7, 11) is -9.01. The van der Waals surface area contributed by atoms with Gasteiger partial charge in [-0.2, -0.15) is 12.6 Å². The molecule has 1 rings (SSSR count). The van der Waals surface area contributed by atoms with Gasteiger partial charge in [0.25, 0.3) is 0 Å². The van der Waals surface area contributed by atoms with E-state index in [1.165, 1.54) is 0 Å². The molecule has 1 aliphatic rings. The molecule has 1 aliphatic heterocycles. The number of rotatable bonds is 8. The van der Waals surface area contributed by atoms with Gasteiger partial charge in [-0.15, -0.1) is 0 Å².